The largest absolute Gasteiger partial charge is 0.547 e. The molecule has 0 amide bonds. The SMILES string of the molecule is CC1(C(=O)[O-])OCc2ccccc2-n2cccc21. The molecule has 1 aromatic heterocycles. The van der Waals surface area contributed by atoms with Crippen molar-refractivity contribution < 1.29 is 14.6 Å². The quantitative estimate of drug-likeness (QED) is 0.748. The average molecular weight is 242 g/mol. The minimum absolute atomic E-state index is 0.252. The standard InChI is InChI=1S/C14H13NO3/c1-14(13(16)17)12-7-4-8-15(12)11-6-3-2-5-10(11)9-18-14/h2-8H,9H2,1H3,(H,16,17)/p-1. The van der Waals surface area contributed by atoms with E-state index in [0.717, 1.165) is 11.3 Å². The van der Waals surface area contributed by atoms with Gasteiger partial charge in [0.05, 0.1) is 24.0 Å². The van der Waals surface area contributed by atoms with Gasteiger partial charge in [0.2, 0.25) is 0 Å². The first-order chi connectivity index (χ1) is 8.63. The van der Waals surface area contributed by atoms with Crippen molar-refractivity contribution in [2.24, 2.45) is 0 Å². The number of para-hydroxylation sites is 1. The molecular weight excluding hydrogens is 230 g/mol. The Morgan fingerprint density at radius 2 is 2.11 bits per heavy atom. The zero-order valence-corrected chi connectivity index (χ0v) is 9.92. The summed E-state index contributed by atoms with van der Waals surface area (Å²) in [5.74, 6) is -1.23. The molecule has 2 aromatic rings. The van der Waals surface area contributed by atoms with Gasteiger partial charge in [-0.15, -0.1) is 0 Å². The van der Waals surface area contributed by atoms with Crippen LogP contribution < -0.4 is 5.11 Å². The number of rotatable bonds is 1. The highest BCUT2D eigenvalue weighted by molar-refractivity contribution is 5.77. The predicted octanol–water partition coefficient (Wildman–Crippen LogP) is 0.973. The molecule has 1 aliphatic heterocycles. The Labute approximate surface area is 104 Å². The first kappa shape index (κ1) is 11.0. The number of benzene rings is 1. The maximum absolute atomic E-state index is 11.4. The Hall–Kier alpha value is -2.07. The van der Waals surface area contributed by atoms with E-state index in [-0.39, 0.29) is 6.61 Å². The minimum atomic E-state index is -1.43. The van der Waals surface area contributed by atoms with E-state index in [2.05, 4.69) is 0 Å². The van der Waals surface area contributed by atoms with E-state index in [1.165, 1.54) is 6.92 Å². The molecule has 1 atom stereocenters. The molecular formula is C14H12NO3-. The summed E-state index contributed by atoms with van der Waals surface area (Å²) in [6, 6.07) is 11.3. The highest BCUT2D eigenvalue weighted by Crippen LogP contribution is 2.33. The van der Waals surface area contributed by atoms with Gasteiger partial charge in [-0.25, -0.2) is 0 Å². The van der Waals surface area contributed by atoms with E-state index in [9.17, 15) is 9.90 Å². The number of aliphatic carboxylic acids is 1. The Morgan fingerprint density at radius 3 is 2.89 bits per heavy atom. The number of hydrogen-bond acceptors (Lipinski definition) is 3. The topological polar surface area (TPSA) is 54.3 Å². The fourth-order valence-corrected chi connectivity index (χ4v) is 2.31. The van der Waals surface area contributed by atoms with Crippen molar-refractivity contribution in [2.75, 3.05) is 0 Å². The number of carboxylic acid groups (broad SMARTS) is 1. The number of fused-ring (bicyclic) bond motifs is 3. The molecule has 0 radical (unpaired) electrons. The van der Waals surface area contributed by atoms with Gasteiger partial charge in [0.1, 0.15) is 5.60 Å². The van der Waals surface area contributed by atoms with Gasteiger partial charge < -0.3 is 19.2 Å². The Kier molecular flexibility index (Phi) is 2.28. The molecule has 1 aromatic carbocycles. The lowest BCUT2D eigenvalue weighted by Crippen LogP contribution is -2.46. The molecule has 1 aliphatic rings. The summed E-state index contributed by atoms with van der Waals surface area (Å²) in [7, 11) is 0. The van der Waals surface area contributed by atoms with Gasteiger partial charge in [0, 0.05) is 11.8 Å². The van der Waals surface area contributed by atoms with Crippen LogP contribution in [0, 0.1) is 0 Å². The van der Waals surface area contributed by atoms with E-state index < -0.39 is 11.6 Å². The number of nitrogens with zero attached hydrogens (tertiary/aromatic N) is 1. The van der Waals surface area contributed by atoms with Crippen molar-refractivity contribution in [2.45, 2.75) is 19.1 Å². The molecule has 2 heterocycles. The first-order valence-corrected chi connectivity index (χ1v) is 5.74. The van der Waals surface area contributed by atoms with Gasteiger partial charge in [-0.2, -0.15) is 0 Å². The molecule has 18 heavy (non-hydrogen) atoms. The normalized spacial score (nSPS) is 21.8. The molecule has 0 saturated carbocycles. The van der Waals surface area contributed by atoms with Crippen LogP contribution in [-0.2, 0) is 21.7 Å². The molecule has 92 valence electrons. The molecule has 0 N–H and O–H groups in total. The van der Waals surface area contributed by atoms with Crippen LogP contribution >= 0.6 is 0 Å². The molecule has 0 saturated heterocycles. The van der Waals surface area contributed by atoms with Crippen LogP contribution in [0.3, 0.4) is 0 Å². The monoisotopic (exact) mass is 242 g/mol. The summed E-state index contributed by atoms with van der Waals surface area (Å²) >= 11 is 0. The second-order valence-electron chi connectivity index (χ2n) is 4.50. The number of carbonyl (C=O) groups excluding carboxylic acids is 1. The van der Waals surface area contributed by atoms with Crippen molar-refractivity contribution >= 4 is 5.97 Å². The van der Waals surface area contributed by atoms with Crippen molar-refractivity contribution in [1.29, 1.82) is 0 Å². The van der Waals surface area contributed by atoms with Crippen molar-refractivity contribution in [3.63, 3.8) is 0 Å². The van der Waals surface area contributed by atoms with E-state index in [4.69, 9.17) is 4.74 Å². The Bertz CT molecular complexity index is 617. The smallest absolute Gasteiger partial charge is 0.145 e. The van der Waals surface area contributed by atoms with Crippen LogP contribution in [0.15, 0.2) is 42.6 Å². The van der Waals surface area contributed by atoms with Gasteiger partial charge >= 0.3 is 0 Å². The molecule has 4 nitrogen and oxygen atoms in total. The fraction of sp³-hybridized carbons (Fsp3) is 0.214. The van der Waals surface area contributed by atoms with Crippen LogP contribution in [0.2, 0.25) is 0 Å². The lowest BCUT2D eigenvalue weighted by atomic mass is 10.0. The van der Waals surface area contributed by atoms with Crippen LogP contribution in [0.5, 0.6) is 0 Å². The summed E-state index contributed by atoms with van der Waals surface area (Å²) in [6.45, 7) is 1.78. The highest BCUT2D eigenvalue weighted by Gasteiger charge is 2.35. The highest BCUT2D eigenvalue weighted by atomic mass is 16.5. The number of carboxylic acids is 1. The zero-order valence-electron chi connectivity index (χ0n) is 9.92. The van der Waals surface area contributed by atoms with Gasteiger partial charge in [-0.3, -0.25) is 0 Å². The summed E-state index contributed by atoms with van der Waals surface area (Å²) in [6.07, 6.45) is 1.84. The molecule has 3 rings (SSSR count). The molecule has 0 fully saturated rings. The van der Waals surface area contributed by atoms with E-state index in [1.54, 1.807) is 6.07 Å². The van der Waals surface area contributed by atoms with E-state index >= 15 is 0 Å². The summed E-state index contributed by atoms with van der Waals surface area (Å²) < 4.78 is 7.43. The van der Waals surface area contributed by atoms with Crippen LogP contribution in [0.4, 0.5) is 0 Å². The van der Waals surface area contributed by atoms with Gasteiger partial charge in [-0.05, 0) is 25.1 Å². The Morgan fingerprint density at radius 1 is 1.33 bits per heavy atom. The maximum Gasteiger partial charge on any atom is 0.145 e. The summed E-state index contributed by atoms with van der Waals surface area (Å²) in [5.41, 5.74) is 1.05. The number of ether oxygens (including phenoxy) is 1. The maximum atomic E-state index is 11.4. The van der Waals surface area contributed by atoms with Crippen molar-refractivity contribution in [3.8, 4) is 5.69 Å². The third-order valence-electron chi connectivity index (χ3n) is 3.39. The van der Waals surface area contributed by atoms with E-state index in [1.807, 2.05) is 41.1 Å². The second-order valence-corrected chi connectivity index (χ2v) is 4.50. The second kappa shape index (κ2) is 3.71. The predicted molar refractivity (Wildman–Crippen MR) is 62.9 cm³/mol. The average Bonchev–Trinajstić information content (AvgIpc) is 2.81. The lowest BCUT2D eigenvalue weighted by molar-refractivity contribution is -0.329. The van der Waals surface area contributed by atoms with Crippen LogP contribution in [0.1, 0.15) is 18.2 Å². The fourth-order valence-electron chi connectivity index (χ4n) is 2.31. The molecule has 4 heteroatoms. The zero-order chi connectivity index (χ0) is 12.8. The van der Waals surface area contributed by atoms with Crippen molar-refractivity contribution in [1.82, 2.24) is 4.57 Å². The first-order valence-electron chi connectivity index (χ1n) is 5.74. The summed E-state index contributed by atoms with van der Waals surface area (Å²) in [4.78, 5) is 11.4. The van der Waals surface area contributed by atoms with Gasteiger partial charge in [0.15, 0.2) is 0 Å². The number of carbonyl (C=O) groups is 1. The number of aromatic nitrogens is 1. The van der Waals surface area contributed by atoms with Gasteiger partial charge in [0.25, 0.3) is 0 Å². The third kappa shape index (κ3) is 1.39. The third-order valence-corrected chi connectivity index (χ3v) is 3.39. The Balaban J connectivity index is 2.27. The van der Waals surface area contributed by atoms with Crippen molar-refractivity contribution in [3.05, 3.63) is 53.9 Å². The molecule has 0 spiro atoms. The van der Waals surface area contributed by atoms with Crippen LogP contribution in [0.25, 0.3) is 5.69 Å². The molecule has 0 bridgehead atoms. The molecule has 1 unspecified atom stereocenters. The molecule has 0 aliphatic carbocycles. The lowest BCUT2D eigenvalue weighted by Gasteiger charge is -2.29. The van der Waals surface area contributed by atoms with E-state index in [0.29, 0.717) is 5.69 Å². The summed E-state index contributed by atoms with van der Waals surface area (Å²) in [5, 5.41) is 11.4. The van der Waals surface area contributed by atoms with Crippen LogP contribution in [-0.4, -0.2) is 10.5 Å². The van der Waals surface area contributed by atoms with Gasteiger partial charge in [-0.1, -0.05) is 18.2 Å². The number of hydrogen-bond donors (Lipinski definition) is 0. The minimum Gasteiger partial charge on any atom is -0.547 e.